The summed E-state index contributed by atoms with van der Waals surface area (Å²) in [6, 6.07) is 8.88. The van der Waals surface area contributed by atoms with Gasteiger partial charge in [-0.1, -0.05) is 64.8 Å². The van der Waals surface area contributed by atoms with Gasteiger partial charge in [0.15, 0.2) is 0 Å². The minimum absolute atomic E-state index is 0.172. The van der Waals surface area contributed by atoms with Crippen LogP contribution < -0.4 is 0 Å². The lowest BCUT2D eigenvalue weighted by Gasteiger charge is -2.22. The van der Waals surface area contributed by atoms with Crippen molar-refractivity contribution < 1.29 is 0 Å². The SMILES string of the molecule is CCCC(CCC)C(Cl)c1ccc(C(C)C)cc1. The van der Waals surface area contributed by atoms with Crippen LogP contribution in [0.3, 0.4) is 0 Å². The molecule has 0 aromatic heterocycles. The van der Waals surface area contributed by atoms with Crippen LogP contribution in [0.1, 0.15) is 75.8 Å². The standard InChI is InChI=1S/C17H27Cl/c1-5-7-15(8-6-2)17(18)16-11-9-14(10-12-16)13(3)4/h9-13,15,17H,5-8H2,1-4H3. The summed E-state index contributed by atoms with van der Waals surface area (Å²) in [5.41, 5.74) is 2.68. The van der Waals surface area contributed by atoms with E-state index < -0.39 is 0 Å². The van der Waals surface area contributed by atoms with Gasteiger partial charge in [-0.25, -0.2) is 0 Å². The number of halogens is 1. The van der Waals surface area contributed by atoms with Crippen LogP contribution in [0.4, 0.5) is 0 Å². The summed E-state index contributed by atoms with van der Waals surface area (Å²) in [6.07, 6.45) is 4.90. The Hall–Kier alpha value is -0.490. The largest absolute Gasteiger partial charge is 0.118 e. The van der Waals surface area contributed by atoms with Gasteiger partial charge < -0.3 is 0 Å². The second kappa shape index (κ2) is 7.84. The van der Waals surface area contributed by atoms with Crippen molar-refractivity contribution >= 4 is 11.6 Å². The van der Waals surface area contributed by atoms with E-state index in [2.05, 4.69) is 52.0 Å². The molecule has 0 aliphatic carbocycles. The van der Waals surface area contributed by atoms with E-state index in [1.165, 1.54) is 36.8 Å². The van der Waals surface area contributed by atoms with Gasteiger partial charge >= 0.3 is 0 Å². The van der Waals surface area contributed by atoms with Gasteiger partial charge in [0.2, 0.25) is 0 Å². The highest BCUT2D eigenvalue weighted by atomic mass is 35.5. The predicted octanol–water partition coefficient (Wildman–Crippen LogP) is 6.31. The van der Waals surface area contributed by atoms with Crippen LogP contribution in [0.5, 0.6) is 0 Å². The highest BCUT2D eigenvalue weighted by Crippen LogP contribution is 2.35. The summed E-state index contributed by atoms with van der Waals surface area (Å²) in [4.78, 5) is 0. The van der Waals surface area contributed by atoms with E-state index in [1.807, 2.05) is 0 Å². The number of alkyl halides is 1. The Morgan fingerprint density at radius 1 is 0.889 bits per heavy atom. The summed E-state index contributed by atoms with van der Waals surface area (Å²) in [6.45, 7) is 8.94. The van der Waals surface area contributed by atoms with E-state index in [0.29, 0.717) is 11.8 Å². The first-order chi connectivity index (χ1) is 8.60. The summed E-state index contributed by atoms with van der Waals surface area (Å²) < 4.78 is 0. The summed E-state index contributed by atoms with van der Waals surface area (Å²) in [5, 5.41) is 0.172. The van der Waals surface area contributed by atoms with Gasteiger partial charge in [0.1, 0.15) is 0 Å². The van der Waals surface area contributed by atoms with E-state index in [-0.39, 0.29) is 5.38 Å². The maximum absolute atomic E-state index is 6.66. The fraction of sp³-hybridized carbons (Fsp3) is 0.647. The Balaban J connectivity index is 2.77. The van der Waals surface area contributed by atoms with Gasteiger partial charge in [-0.3, -0.25) is 0 Å². The molecule has 18 heavy (non-hydrogen) atoms. The number of hydrogen-bond donors (Lipinski definition) is 0. The molecule has 1 aromatic rings. The molecule has 0 bridgehead atoms. The molecule has 1 rings (SSSR count). The van der Waals surface area contributed by atoms with Crippen molar-refractivity contribution in [2.45, 2.75) is 64.7 Å². The zero-order valence-electron chi connectivity index (χ0n) is 12.2. The van der Waals surface area contributed by atoms with Crippen LogP contribution in [0.25, 0.3) is 0 Å². The van der Waals surface area contributed by atoms with Crippen molar-refractivity contribution in [1.82, 2.24) is 0 Å². The first kappa shape index (κ1) is 15.6. The Morgan fingerprint density at radius 3 is 1.72 bits per heavy atom. The fourth-order valence-corrected chi connectivity index (χ4v) is 2.91. The van der Waals surface area contributed by atoms with Gasteiger partial charge in [0.25, 0.3) is 0 Å². The highest BCUT2D eigenvalue weighted by molar-refractivity contribution is 6.21. The molecular formula is C17H27Cl. The smallest absolute Gasteiger partial charge is 0.0613 e. The van der Waals surface area contributed by atoms with Crippen molar-refractivity contribution in [3.8, 4) is 0 Å². The molecule has 1 unspecified atom stereocenters. The molecule has 1 aromatic carbocycles. The fourth-order valence-electron chi connectivity index (χ4n) is 2.52. The Kier molecular flexibility index (Phi) is 6.78. The van der Waals surface area contributed by atoms with Crippen LogP contribution in [-0.4, -0.2) is 0 Å². The van der Waals surface area contributed by atoms with Crippen molar-refractivity contribution in [2.24, 2.45) is 5.92 Å². The van der Waals surface area contributed by atoms with Gasteiger partial charge in [-0.2, -0.15) is 0 Å². The van der Waals surface area contributed by atoms with E-state index >= 15 is 0 Å². The van der Waals surface area contributed by atoms with Crippen LogP contribution in [0.2, 0.25) is 0 Å². The molecule has 0 amide bonds. The van der Waals surface area contributed by atoms with Gasteiger partial charge in [0.05, 0.1) is 5.38 Å². The Labute approximate surface area is 118 Å². The van der Waals surface area contributed by atoms with Gasteiger partial charge in [0, 0.05) is 0 Å². The third-order valence-corrected chi connectivity index (χ3v) is 4.26. The summed E-state index contributed by atoms with van der Waals surface area (Å²) >= 11 is 6.66. The Morgan fingerprint density at radius 2 is 1.33 bits per heavy atom. The highest BCUT2D eigenvalue weighted by Gasteiger charge is 2.19. The van der Waals surface area contributed by atoms with Crippen molar-refractivity contribution in [2.75, 3.05) is 0 Å². The topological polar surface area (TPSA) is 0 Å². The maximum Gasteiger partial charge on any atom is 0.0613 e. The second-order valence-electron chi connectivity index (χ2n) is 5.56. The quantitative estimate of drug-likeness (QED) is 0.508. The van der Waals surface area contributed by atoms with Gasteiger partial charge in [-0.15, -0.1) is 11.6 Å². The van der Waals surface area contributed by atoms with Crippen LogP contribution in [0.15, 0.2) is 24.3 Å². The second-order valence-corrected chi connectivity index (χ2v) is 6.03. The molecule has 0 heterocycles. The monoisotopic (exact) mass is 266 g/mol. The average Bonchev–Trinajstić information content (AvgIpc) is 2.38. The normalized spacial score (nSPS) is 13.3. The summed E-state index contributed by atoms with van der Waals surface area (Å²) in [7, 11) is 0. The van der Waals surface area contributed by atoms with E-state index in [0.717, 1.165) is 0 Å². The predicted molar refractivity (Wildman–Crippen MR) is 82.4 cm³/mol. The third-order valence-electron chi connectivity index (χ3n) is 3.65. The van der Waals surface area contributed by atoms with E-state index in [1.54, 1.807) is 0 Å². The number of hydrogen-bond acceptors (Lipinski definition) is 0. The Bertz CT molecular complexity index is 320. The zero-order chi connectivity index (χ0) is 13.5. The molecule has 0 radical (unpaired) electrons. The van der Waals surface area contributed by atoms with Crippen molar-refractivity contribution in [3.63, 3.8) is 0 Å². The van der Waals surface area contributed by atoms with Crippen molar-refractivity contribution in [3.05, 3.63) is 35.4 Å². The lowest BCUT2D eigenvalue weighted by Crippen LogP contribution is -2.08. The zero-order valence-corrected chi connectivity index (χ0v) is 13.0. The lowest BCUT2D eigenvalue weighted by molar-refractivity contribution is 0.426. The van der Waals surface area contributed by atoms with Crippen LogP contribution in [-0.2, 0) is 0 Å². The first-order valence-electron chi connectivity index (χ1n) is 7.34. The van der Waals surface area contributed by atoms with Gasteiger partial charge in [-0.05, 0) is 35.8 Å². The molecule has 0 fully saturated rings. The molecule has 1 atom stereocenters. The third kappa shape index (κ3) is 4.31. The lowest BCUT2D eigenvalue weighted by atomic mass is 9.89. The minimum Gasteiger partial charge on any atom is -0.118 e. The number of rotatable bonds is 7. The van der Waals surface area contributed by atoms with Crippen LogP contribution in [0, 0.1) is 5.92 Å². The molecule has 102 valence electrons. The molecule has 0 spiro atoms. The maximum atomic E-state index is 6.66. The molecule has 0 aliphatic rings. The molecule has 0 N–H and O–H groups in total. The van der Waals surface area contributed by atoms with Crippen molar-refractivity contribution in [1.29, 1.82) is 0 Å². The van der Waals surface area contributed by atoms with E-state index in [9.17, 15) is 0 Å². The molecular weight excluding hydrogens is 240 g/mol. The molecule has 1 heteroatoms. The molecule has 0 saturated heterocycles. The molecule has 0 nitrogen and oxygen atoms in total. The van der Waals surface area contributed by atoms with E-state index in [4.69, 9.17) is 11.6 Å². The minimum atomic E-state index is 0.172. The van der Waals surface area contributed by atoms with Crippen LogP contribution >= 0.6 is 11.6 Å². The summed E-state index contributed by atoms with van der Waals surface area (Å²) in [5.74, 6) is 1.21. The first-order valence-corrected chi connectivity index (χ1v) is 7.77. The average molecular weight is 267 g/mol. The number of benzene rings is 1. The molecule has 0 aliphatic heterocycles. The molecule has 0 saturated carbocycles.